The second-order valence-corrected chi connectivity index (χ2v) is 8.43. The van der Waals surface area contributed by atoms with Crippen molar-refractivity contribution in [3.8, 4) is 11.5 Å². The summed E-state index contributed by atoms with van der Waals surface area (Å²) in [6, 6.07) is 16.2. The zero-order valence-electron chi connectivity index (χ0n) is 18.4. The highest BCUT2D eigenvalue weighted by Crippen LogP contribution is 2.27. The van der Waals surface area contributed by atoms with E-state index in [-0.39, 0.29) is 11.6 Å². The number of hydrogen-bond acceptors (Lipinski definition) is 5. The summed E-state index contributed by atoms with van der Waals surface area (Å²) in [7, 11) is 3.02. The summed E-state index contributed by atoms with van der Waals surface area (Å²) in [4.78, 5) is 26.6. The molecule has 0 aliphatic carbocycles. The lowest BCUT2D eigenvalue weighted by molar-refractivity contribution is -0.117. The summed E-state index contributed by atoms with van der Waals surface area (Å²) < 4.78 is 10.5. The molecular formula is C25H25ClN2O4S. The largest absolute Gasteiger partial charge is 0.493 e. The lowest BCUT2D eigenvalue weighted by atomic mass is 10.1. The predicted molar refractivity (Wildman–Crippen MR) is 132 cm³/mol. The first-order valence-corrected chi connectivity index (χ1v) is 11.6. The van der Waals surface area contributed by atoms with Gasteiger partial charge in [0.05, 0.1) is 14.2 Å². The monoisotopic (exact) mass is 484 g/mol. The molecule has 6 nitrogen and oxygen atoms in total. The van der Waals surface area contributed by atoms with E-state index in [0.717, 1.165) is 16.9 Å². The van der Waals surface area contributed by atoms with E-state index in [1.165, 1.54) is 25.6 Å². The third-order valence-electron chi connectivity index (χ3n) is 4.83. The van der Waals surface area contributed by atoms with Gasteiger partial charge in [0, 0.05) is 22.0 Å². The lowest BCUT2D eigenvalue weighted by Gasteiger charge is -2.13. The summed E-state index contributed by atoms with van der Waals surface area (Å²) in [5.41, 5.74) is 1.54. The molecule has 0 radical (unpaired) electrons. The Morgan fingerprint density at radius 3 is 2.52 bits per heavy atom. The van der Waals surface area contributed by atoms with Crippen LogP contribution in [0.1, 0.15) is 27.2 Å². The molecule has 8 heteroatoms. The number of ether oxygens (including phenoxy) is 2. The number of thiophene rings is 1. The normalized spacial score (nSPS) is 11.1. The third-order valence-corrected chi connectivity index (χ3v) is 6.02. The number of carbonyl (C=O) groups excluding carboxylic acids is 2. The molecule has 172 valence electrons. The van der Waals surface area contributed by atoms with Crippen LogP contribution in [-0.2, 0) is 11.2 Å². The van der Waals surface area contributed by atoms with Crippen molar-refractivity contribution in [3.63, 3.8) is 0 Å². The number of nitrogens with one attached hydrogen (secondary N) is 2. The van der Waals surface area contributed by atoms with Crippen LogP contribution < -0.4 is 20.1 Å². The Morgan fingerprint density at radius 2 is 1.82 bits per heavy atom. The van der Waals surface area contributed by atoms with Gasteiger partial charge in [0.25, 0.3) is 11.8 Å². The van der Waals surface area contributed by atoms with Crippen molar-refractivity contribution in [2.75, 3.05) is 20.8 Å². The quantitative estimate of drug-likeness (QED) is 0.315. The van der Waals surface area contributed by atoms with Crippen LogP contribution in [0.4, 0.5) is 0 Å². The second-order valence-electron chi connectivity index (χ2n) is 7.05. The van der Waals surface area contributed by atoms with Crippen molar-refractivity contribution in [1.29, 1.82) is 0 Å². The van der Waals surface area contributed by atoms with Gasteiger partial charge in [-0.2, -0.15) is 0 Å². The first kappa shape index (κ1) is 24.4. The molecule has 3 aromatic rings. The molecule has 2 amide bonds. The fourth-order valence-corrected chi connectivity index (χ4v) is 4.01. The number of rotatable bonds is 10. The molecule has 0 atom stereocenters. The molecule has 0 unspecified atom stereocenters. The summed E-state index contributed by atoms with van der Waals surface area (Å²) in [5, 5.41) is 8.22. The van der Waals surface area contributed by atoms with Crippen molar-refractivity contribution in [2.45, 2.75) is 12.8 Å². The second kappa shape index (κ2) is 12.1. The van der Waals surface area contributed by atoms with Gasteiger partial charge in [-0.3, -0.25) is 9.59 Å². The Morgan fingerprint density at radius 1 is 1.03 bits per heavy atom. The summed E-state index contributed by atoms with van der Waals surface area (Å²) in [5.74, 6) is 0.152. The Bertz CT molecular complexity index is 1130. The molecule has 0 aliphatic heterocycles. The van der Waals surface area contributed by atoms with Gasteiger partial charge in [-0.05, 0) is 60.2 Å². The van der Waals surface area contributed by atoms with Crippen molar-refractivity contribution in [3.05, 3.63) is 86.7 Å². The number of carbonyl (C=O) groups is 2. The minimum absolute atomic E-state index is 0.162. The number of aryl methyl sites for hydroxylation is 1. The first-order chi connectivity index (χ1) is 16.0. The Kier molecular flexibility index (Phi) is 8.92. The van der Waals surface area contributed by atoms with Crippen LogP contribution in [-0.4, -0.2) is 32.6 Å². The van der Waals surface area contributed by atoms with Crippen molar-refractivity contribution in [1.82, 2.24) is 10.6 Å². The maximum Gasteiger partial charge on any atom is 0.267 e. The van der Waals surface area contributed by atoms with Gasteiger partial charge in [0.2, 0.25) is 0 Å². The maximum absolute atomic E-state index is 12.9. The van der Waals surface area contributed by atoms with Crippen LogP contribution in [0, 0.1) is 0 Å². The molecule has 1 aromatic heterocycles. The molecule has 33 heavy (non-hydrogen) atoms. The molecule has 0 aliphatic rings. The van der Waals surface area contributed by atoms with Gasteiger partial charge in [0.1, 0.15) is 5.70 Å². The average Bonchev–Trinajstić information content (AvgIpc) is 3.35. The van der Waals surface area contributed by atoms with Gasteiger partial charge >= 0.3 is 0 Å². The van der Waals surface area contributed by atoms with Crippen molar-refractivity contribution in [2.24, 2.45) is 0 Å². The third kappa shape index (κ3) is 6.84. The van der Waals surface area contributed by atoms with Crippen LogP contribution in [0.5, 0.6) is 11.5 Å². The Labute approximate surface area is 202 Å². The molecule has 3 rings (SSSR count). The molecule has 0 bridgehead atoms. The molecule has 0 fully saturated rings. The van der Waals surface area contributed by atoms with Gasteiger partial charge in [-0.15, -0.1) is 11.3 Å². The van der Waals surface area contributed by atoms with E-state index in [2.05, 4.69) is 10.6 Å². The average molecular weight is 485 g/mol. The number of hydrogen-bond donors (Lipinski definition) is 2. The molecule has 0 saturated heterocycles. The Balaban J connectivity index is 1.68. The molecule has 2 N–H and O–H groups in total. The fourth-order valence-electron chi connectivity index (χ4n) is 3.12. The van der Waals surface area contributed by atoms with E-state index < -0.39 is 5.91 Å². The van der Waals surface area contributed by atoms with Crippen LogP contribution in [0.3, 0.4) is 0 Å². The van der Waals surface area contributed by atoms with Crippen LogP contribution in [0.15, 0.2) is 65.7 Å². The highest BCUT2D eigenvalue weighted by molar-refractivity contribution is 7.10. The topological polar surface area (TPSA) is 76.7 Å². The highest BCUT2D eigenvalue weighted by Gasteiger charge is 2.16. The van der Waals surface area contributed by atoms with E-state index in [0.29, 0.717) is 35.1 Å². The molecular weight excluding hydrogens is 460 g/mol. The Hall–Kier alpha value is -3.29. The first-order valence-electron chi connectivity index (χ1n) is 10.3. The molecule has 2 aromatic carbocycles. The van der Waals surface area contributed by atoms with Crippen LogP contribution >= 0.6 is 22.9 Å². The van der Waals surface area contributed by atoms with E-state index in [9.17, 15) is 9.59 Å². The van der Waals surface area contributed by atoms with Gasteiger partial charge < -0.3 is 20.1 Å². The van der Waals surface area contributed by atoms with E-state index >= 15 is 0 Å². The minimum Gasteiger partial charge on any atom is -0.493 e. The number of benzene rings is 2. The van der Waals surface area contributed by atoms with E-state index in [4.69, 9.17) is 21.1 Å². The summed E-state index contributed by atoms with van der Waals surface area (Å²) in [6.45, 7) is 0.443. The minimum atomic E-state index is -0.426. The van der Waals surface area contributed by atoms with E-state index in [1.807, 2.05) is 41.8 Å². The van der Waals surface area contributed by atoms with Crippen LogP contribution in [0.25, 0.3) is 6.08 Å². The molecule has 0 spiro atoms. The van der Waals surface area contributed by atoms with Crippen LogP contribution in [0.2, 0.25) is 5.02 Å². The number of halogens is 1. The van der Waals surface area contributed by atoms with Gasteiger partial charge in [-0.1, -0.05) is 35.9 Å². The molecule has 0 saturated carbocycles. The lowest BCUT2D eigenvalue weighted by Crippen LogP contribution is -2.35. The highest BCUT2D eigenvalue weighted by atomic mass is 35.5. The smallest absolute Gasteiger partial charge is 0.267 e. The van der Waals surface area contributed by atoms with Crippen molar-refractivity contribution >= 4 is 40.8 Å². The summed E-state index contributed by atoms with van der Waals surface area (Å²) >= 11 is 7.66. The number of methoxy groups -OCH3 is 2. The fraction of sp³-hybridized carbons (Fsp3) is 0.200. The maximum atomic E-state index is 12.9. The zero-order chi connectivity index (χ0) is 23.6. The summed E-state index contributed by atoms with van der Waals surface area (Å²) in [6.07, 6.45) is 3.11. The van der Waals surface area contributed by atoms with Crippen molar-refractivity contribution < 1.29 is 19.1 Å². The molecule has 1 heterocycles. The zero-order valence-corrected chi connectivity index (χ0v) is 20.0. The standard InChI is InChI=1S/C25H25ClN2O4S/c1-31-22-12-11-18(15-23(22)32-2)24(29)28-21(16-19-9-6-14-33-19)25(30)27-13-5-8-17-7-3-4-10-20(17)26/h3-4,6-7,9-12,14-16H,5,8,13H2,1-2H3,(H,27,30)(H,28,29)/b21-16-. The van der Waals surface area contributed by atoms with E-state index in [1.54, 1.807) is 24.3 Å². The SMILES string of the molecule is COc1ccc(C(=O)N/C(=C\c2cccs2)C(=O)NCCCc2ccccc2Cl)cc1OC. The number of amides is 2. The van der Waals surface area contributed by atoms with Gasteiger partial charge in [-0.25, -0.2) is 0 Å². The predicted octanol–water partition coefficient (Wildman–Crippen LogP) is 4.94. The van der Waals surface area contributed by atoms with Gasteiger partial charge in [0.15, 0.2) is 11.5 Å².